The maximum Gasteiger partial charge on any atom is 0.357 e. The molecule has 2 aromatic rings. The summed E-state index contributed by atoms with van der Waals surface area (Å²) >= 11 is 1.10. The zero-order chi connectivity index (χ0) is 9.42. The van der Waals surface area contributed by atoms with Gasteiger partial charge in [0.25, 0.3) is 0 Å². The number of fused-ring (bicyclic) bond motifs is 1. The Hall–Kier alpha value is -1.56. The number of nitrogens with zero attached hydrogens (tertiary/aromatic N) is 3. The van der Waals surface area contributed by atoms with Crippen molar-refractivity contribution < 1.29 is 9.90 Å². The average molecular weight is 195 g/mol. The van der Waals surface area contributed by atoms with E-state index in [0.29, 0.717) is 16.0 Å². The third-order valence-corrected chi connectivity index (χ3v) is 2.31. The maximum atomic E-state index is 10.7. The van der Waals surface area contributed by atoms with E-state index < -0.39 is 5.97 Å². The molecule has 0 aliphatic carbocycles. The lowest BCUT2D eigenvalue weighted by Crippen LogP contribution is -1.98. The second kappa shape index (κ2) is 2.74. The van der Waals surface area contributed by atoms with Crippen molar-refractivity contribution in [3.05, 3.63) is 17.7 Å². The fourth-order valence-electron chi connectivity index (χ4n) is 0.974. The monoisotopic (exact) mass is 195 g/mol. The number of aromatic carboxylic acids is 1. The fraction of sp³-hybridized carbons (Fsp3) is 0.143. The van der Waals surface area contributed by atoms with Crippen molar-refractivity contribution in [2.75, 3.05) is 0 Å². The topological polar surface area (TPSA) is 76.0 Å². The average Bonchev–Trinajstić information content (AvgIpc) is 2.46. The summed E-state index contributed by atoms with van der Waals surface area (Å²) in [5.74, 6) is -0.500. The molecule has 0 saturated heterocycles. The van der Waals surface area contributed by atoms with E-state index in [-0.39, 0.29) is 5.69 Å². The number of carboxylic acid groups (broad SMARTS) is 1. The highest BCUT2D eigenvalue weighted by atomic mass is 32.1. The molecule has 0 spiro atoms. The number of carboxylic acids is 1. The lowest BCUT2D eigenvalue weighted by atomic mass is 10.3. The predicted octanol–water partition coefficient (Wildman–Crippen LogP) is 1.09. The van der Waals surface area contributed by atoms with Crippen LogP contribution in [0.3, 0.4) is 0 Å². The van der Waals surface area contributed by atoms with Crippen LogP contribution in [0.2, 0.25) is 0 Å². The molecule has 2 heterocycles. The molecule has 0 saturated carbocycles. The first-order chi connectivity index (χ1) is 6.18. The van der Waals surface area contributed by atoms with E-state index in [1.165, 1.54) is 0 Å². The Bertz CT molecular complexity index is 480. The summed E-state index contributed by atoms with van der Waals surface area (Å²) in [5.41, 5.74) is 0.426. The molecule has 0 unspecified atom stereocenters. The van der Waals surface area contributed by atoms with Crippen LogP contribution in [0.4, 0.5) is 0 Å². The lowest BCUT2D eigenvalue weighted by Gasteiger charge is -1.91. The molecule has 66 valence electrons. The first-order valence-electron chi connectivity index (χ1n) is 3.51. The molecular weight excluding hydrogens is 190 g/mol. The Balaban J connectivity index is 2.79. The molecular formula is C7H5N3O2S. The molecule has 0 amide bonds. The molecule has 6 heteroatoms. The van der Waals surface area contributed by atoms with Gasteiger partial charge in [-0.15, -0.1) is 0 Å². The van der Waals surface area contributed by atoms with Gasteiger partial charge in [-0.25, -0.2) is 14.8 Å². The second-order valence-electron chi connectivity index (χ2n) is 2.47. The van der Waals surface area contributed by atoms with E-state index in [1.54, 1.807) is 13.1 Å². The highest BCUT2D eigenvalue weighted by Gasteiger charge is 2.14. The van der Waals surface area contributed by atoms with Gasteiger partial charge >= 0.3 is 5.97 Å². The first kappa shape index (κ1) is 8.06. The number of aromatic nitrogens is 3. The quantitative estimate of drug-likeness (QED) is 0.737. The molecule has 0 bridgehead atoms. The molecule has 0 atom stereocenters. The molecule has 2 aromatic heterocycles. The summed E-state index contributed by atoms with van der Waals surface area (Å²) in [6, 6.07) is 0. The minimum absolute atomic E-state index is 0.00509. The van der Waals surface area contributed by atoms with Gasteiger partial charge in [0, 0.05) is 0 Å². The van der Waals surface area contributed by atoms with Crippen molar-refractivity contribution in [3.8, 4) is 0 Å². The van der Waals surface area contributed by atoms with Crippen LogP contribution in [0.25, 0.3) is 10.2 Å². The van der Waals surface area contributed by atoms with Crippen LogP contribution in [0.5, 0.6) is 0 Å². The van der Waals surface area contributed by atoms with Gasteiger partial charge in [-0.05, 0) is 18.5 Å². The summed E-state index contributed by atoms with van der Waals surface area (Å²) in [4.78, 5) is 18.6. The van der Waals surface area contributed by atoms with E-state index in [9.17, 15) is 4.79 Å². The fourth-order valence-corrected chi connectivity index (χ4v) is 1.66. The molecule has 0 radical (unpaired) electrons. The Morgan fingerprint density at radius 3 is 3.08 bits per heavy atom. The van der Waals surface area contributed by atoms with Gasteiger partial charge in [-0.3, -0.25) is 0 Å². The largest absolute Gasteiger partial charge is 0.476 e. The second-order valence-corrected chi connectivity index (χ2v) is 3.27. The smallest absolute Gasteiger partial charge is 0.357 e. The van der Waals surface area contributed by atoms with Crippen LogP contribution in [-0.2, 0) is 0 Å². The summed E-state index contributed by atoms with van der Waals surface area (Å²) in [6.07, 6.45) is 1.59. The van der Waals surface area contributed by atoms with Gasteiger partial charge < -0.3 is 5.11 Å². The van der Waals surface area contributed by atoms with E-state index in [4.69, 9.17) is 5.11 Å². The van der Waals surface area contributed by atoms with E-state index in [0.717, 1.165) is 11.5 Å². The van der Waals surface area contributed by atoms with Crippen LogP contribution in [-0.4, -0.2) is 25.4 Å². The third-order valence-electron chi connectivity index (χ3n) is 1.54. The summed E-state index contributed by atoms with van der Waals surface area (Å²) in [7, 11) is 0. The molecule has 2 rings (SSSR count). The maximum absolute atomic E-state index is 10.7. The van der Waals surface area contributed by atoms with E-state index in [2.05, 4.69) is 14.3 Å². The Labute approximate surface area is 77.2 Å². The van der Waals surface area contributed by atoms with Crippen molar-refractivity contribution in [2.45, 2.75) is 6.92 Å². The standard InChI is InChI=1S/C7H5N3O2S/c1-3-8-2-4-5(9-3)6(7(11)12)10-13-4/h2H,1H3,(H,11,12). The van der Waals surface area contributed by atoms with Crippen LogP contribution >= 0.6 is 11.5 Å². The number of carbonyl (C=O) groups is 1. The Morgan fingerprint density at radius 2 is 2.38 bits per heavy atom. The van der Waals surface area contributed by atoms with Gasteiger partial charge in [-0.2, -0.15) is 4.37 Å². The summed E-state index contributed by atoms with van der Waals surface area (Å²) in [6.45, 7) is 1.71. The van der Waals surface area contributed by atoms with Gasteiger partial charge in [-0.1, -0.05) is 0 Å². The molecule has 5 nitrogen and oxygen atoms in total. The molecule has 0 aromatic carbocycles. The van der Waals surface area contributed by atoms with Crippen LogP contribution in [0.1, 0.15) is 16.3 Å². The summed E-state index contributed by atoms with van der Waals surface area (Å²) < 4.78 is 4.47. The van der Waals surface area contributed by atoms with Crippen molar-refractivity contribution >= 4 is 27.7 Å². The number of aryl methyl sites for hydroxylation is 1. The summed E-state index contributed by atoms with van der Waals surface area (Å²) in [5, 5.41) is 8.75. The van der Waals surface area contributed by atoms with E-state index >= 15 is 0 Å². The molecule has 0 fully saturated rings. The Kier molecular flexibility index (Phi) is 1.70. The molecule has 13 heavy (non-hydrogen) atoms. The van der Waals surface area contributed by atoms with Crippen molar-refractivity contribution in [1.29, 1.82) is 0 Å². The molecule has 0 aliphatic heterocycles. The number of rotatable bonds is 1. The van der Waals surface area contributed by atoms with Gasteiger partial charge in [0.15, 0.2) is 5.69 Å². The third kappa shape index (κ3) is 1.25. The molecule has 0 aliphatic rings. The minimum atomic E-state index is -1.05. The van der Waals surface area contributed by atoms with Gasteiger partial charge in [0.2, 0.25) is 0 Å². The minimum Gasteiger partial charge on any atom is -0.476 e. The predicted molar refractivity (Wildman–Crippen MR) is 46.9 cm³/mol. The molecule has 1 N–H and O–H groups in total. The van der Waals surface area contributed by atoms with Crippen LogP contribution < -0.4 is 0 Å². The zero-order valence-electron chi connectivity index (χ0n) is 6.68. The normalized spacial score (nSPS) is 10.5. The zero-order valence-corrected chi connectivity index (χ0v) is 7.50. The SMILES string of the molecule is Cc1ncc2snc(C(=O)O)c2n1. The highest BCUT2D eigenvalue weighted by molar-refractivity contribution is 7.13. The first-order valence-corrected chi connectivity index (χ1v) is 4.28. The number of hydrogen-bond donors (Lipinski definition) is 1. The number of hydrogen-bond acceptors (Lipinski definition) is 5. The van der Waals surface area contributed by atoms with Crippen molar-refractivity contribution in [1.82, 2.24) is 14.3 Å². The van der Waals surface area contributed by atoms with E-state index in [1.807, 2.05) is 0 Å². The van der Waals surface area contributed by atoms with Crippen LogP contribution in [0, 0.1) is 6.92 Å². The lowest BCUT2D eigenvalue weighted by molar-refractivity contribution is 0.0694. The van der Waals surface area contributed by atoms with Crippen molar-refractivity contribution in [2.24, 2.45) is 0 Å². The van der Waals surface area contributed by atoms with Gasteiger partial charge in [0.1, 0.15) is 11.3 Å². The highest BCUT2D eigenvalue weighted by Crippen LogP contribution is 2.19. The van der Waals surface area contributed by atoms with Gasteiger partial charge in [0.05, 0.1) is 10.9 Å². The van der Waals surface area contributed by atoms with Crippen molar-refractivity contribution in [3.63, 3.8) is 0 Å². The Morgan fingerprint density at radius 1 is 1.62 bits per heavy atom. The van der Waals surface area contributed by atoms with Crippen LogP contribution in [0.15, 0.2) is 6.20 Å².